The summed E-state index contributed by atoms with van der Waals surface area (Å²) < 4.78 is 38.1. The first-order valence-corrected chi connectivity index (χ1v) is 10.7. The molecule has 0 unspecified atom stereocenters. The Bertz CT molecular complexity index is 889. The van der Waals surface area contributed by atoms with Crippen LogP contribution < -0.4 is 14.8 Å². The maximum absolute atomic E-state index is 12.4. The fraction of sp³-hybridized carbons (Fsp3) is 0.350. The highest BCUT2D eigenvalue weighted by molar-refractivity contribution is 7.89. The first-order chi connectivity index (χ1) is 13.5. The van der Waals surface area contributed by atoms with Crippen molar-refractivity contribution in [2.45, 2.75) is 30.8 Å². The summed E-state index contributed by atoms with van der Waals surface area (Å²) in [6.07, 6.45) is 1.75. The molecule has 0 radical (unpaired) electrons. The molecule has 28 heavy (non-hydrogen) atoms. The monoisotopic (exact) mass is 404 g/mol. The number of anilines is 1. The molecule has 1 atom stereocenters. The Kier molecular flexibility index (Phi) is 6.66. The van der Waals surface area contributed by atoms with E-state index in [1.54, 1.807) is 36.4 Å². The summed E-state index contributed by atoms with van der Waals surface area (Å²) in [4.78, 5) is 12.5. The maximum Gasteiger partial charge on any atom is 0.255 e. The van der Waals surface area contributed by atoms with E-state index >= 15 is 0 Å². The van der Waals surface area contributed by atoms with E-state index < -0.39 is 10.0 Å². The predicted octanol–water partition coefficient (Wildman–Crippen LogP) is 2.79. The predicted molar refractivity (Wildman–Crippen MR) is 106 cm³/mol. The number of amides is 1. The average molecular weight is 404 g/mol. The molecular formula is C20H24N2O5S. The highest BCUT2D eigenvalue weighted by Gasteiger charge is 2.20. The zero-order valence-corrected chi connectivity index (χ0v) is 16.5. The molecule has 0 spiro atoms. The number of nitrogens with one attached hydrogen (secondary N) is 2. The van der Waals surface area contributed by atoms with E-state index in [0.717, 1.165) is 12.8 Å². The molecule has 1 amide bonds. The number of ether oxygens (including phenoxy) is 2. The van der Waals surface area contributed by atoms with Gasteiger partial charge in [-0.05, 0) is 68.3 Å². The highest BCUT2D eigenvalue weighted by Crippen LogP contribution is 2.17. The van der Waals surface area contributed by atoms with Crippen LogP contribution in [0.15, 0.2) is 53.4 Å². The second kappa shape index (κ2) is 9.18. The Morgan fingerprint density at radius 1 is 1.14 bits per heavy atom. The molecule has 1 heterocycles. The van der Waals surface area contributed by atoms with Gasteiger partial charge in [0.1, 0.15) is 5.75 Å². The van der Waals surface area contributed by atoms with Crippen molar-refractivity contribution >= 4 is 21.6 Å². The van der Waals surface area contributed by atoms with Gasteiger partial charge in [0.25, 0.3) is 5.91 Å². The van der Waals surface area contributed by atoms with Gasteiger partial charge in [0.15, 0.2) is 0 Å². The molecule has 7 nitrogen and oxygen atoms in total. The number of hydrogen-bond donors (Lipinski definition) is 2. The zero-order valence-electron chi connectivity index (χ0n) is 15.7. The zero-order chi connectivity index (χ0) is 20.0. The Labute approximate surface area is 165 Å². The lowest BCUT2D eigenvalue weighted by molar-refractivity contribution is 0.102. The first-order valence-electron chi connectivity index (χ1n) is 9.23. The van der Waals surface area contributed by atoms with Gasteiger partial charge in [0.2, 0.25) is 10.0 Å². The lowest BCUT2D eigenvalue weighted by atomic mass is 10.2. The van der Waals surface area contributed by atoms with Gasteiger partial charge in [-0.25, -0.2) is 13.1 Å². The van der Waals surface area contributed by atoms with Crippen molar-refractivity contribution in [1.82, 2.24) is 4.72 Å². The summed E-state index contributed by atoms with van der Waals surface area (Å²) in [5.74, 6) is 0.416. The first kappa shape index (κ1) is 20.3. The summed E-state index contributed by atoms with van der Waals surface area (Å²) >= 11 is 0. The van der Waals surface area contributed by atoms with Crippen molar-refractivity contribution in [3.05, 3.63) is 54.1 Å². The third-order valence-electron chi connectivity index (χ3n) is 4.38. The lowest BCUT2D eigenvalue weighted by Gasteiger charge is -2.12. The van der Waals surface area contributed by atoms with Crippen molar-refractivity contribution in [3.8, 4) is 5.75 Å². The summed E-state index contributed by atoms with van der Waals surface area (Å²) in [6, 6.07) is 12.9. The molecule has 1 aliphatic rings. The molecular weight excluding hydrogens is 380 g/mol. The molecule has 150 valence electrons. The number of carbonyl (C=O) groups excluding carboxylic acids is 1. The smallest absolute Gasteiger partial charge is 0.255 e. The van der Waals surface area contributed by atoms with Gasteiger partial charge in [-0.3, -0.25) is 4.79 Å². The van der Waals surface area contributed by atoms with Crippen molar-refractivity contribution in [1.29, 1.82) is 0 Å². The lowest BCUT2D eigenvalue weighted by Crippen LogP contribution is -2.31. The molecule has 0 bridgehead atoms. The molecule has 0 saturated carbocycles. The molecule has 8 heteroatoms. The van der Waals surface area contributed by atoms with Gasteiger partial charge >= 0.3 is 0 Å². The normalized spacial score (nSPS) is 16.7. The summed E-state index contributed by atoms with van der Waals surface area (Å²) in [6.45, 7) is 3.39. The van der Waals surface area contributed by atoms with E-state index in [1.807, 2.05) is 6.92 Å². The molecule has 0 aromatic heterocycles. The van der Waals surface area contributed by atoms with E-state index in [4.69, 9.17) is 9.47 Å². The van der Waals surface area contributed by atoms with Crippen LogP contribution in [-0.2, 0) is 14.8 Å². The van der Waals surface area contributed by atoms with Gasteiger partial charge < -0.3 is 14.8 Å². The Morgan fingerprint density at radius 2 is 1.86 bits per heavy atom. The van der Waals surface area contributed by atoms with Crippen molar-refractivity contribution in [3.63, 3.8) is 0 Å². The van der Waals surface area contributed by atoms with Crippen LogP contribution >= 0.6 is 0 Å². The number of carbonyl (C=O) groups is 1. The number of benzene rings is 2. The van der Waals surface area contributed by atoms with Gasteiger partial charge in [-0.2, -0.15) is 0 Å². The molecule has 1 aliphatic heterocycles. The summed E-state index contributed by atoms with van der Waals surface area (Å²) in [5, 5.41) is 2.75. The third kappa shape index (κ3) is 5.31. The molecule has 3 rings (SSSR count). The molecule has 2 N–H and O–H groups in total. The van der Waals surface area contributed by atoms with Crippen molar-refractivity contribution in [2.75, 3.05) is 25.1 Å². The van der Waals surface area contributed by atoms with Crippen LogP contribution in [0.3, 0.4) is 0 Å². The van der Waals surface area contributed by atoms with Crippen molar-refractivity contribution in [2.24, 2.45) is 0 Å². The minimum absolute atomic E-state index is 0.0672. The average Bonchev–Trinajstić information content (AvgIpc) is 3.21. The Hall–Kier alpha value is -2.42. The standard InChI is InChI=1S/C20H24N2O5S/c1-2-26-17-9-5-15(6-10-17)20(23)22-16-7-11-19(12-8-16)28(24,25)21-14-18-4-3-13-27-18/h5-12,18,21H,2-4,13-14H2,1H3,(H,22,23)/t18-/m1/s1. The highest BCUT2D eigenvalue weighted by atomic mass is 32.2. The second-order valence-corrected chi connectivity index (χ2v) is 8.19. The minimum Gasteiger partial charge on any atom is -0.494 e. The fourth-order valence-electron chi connectivity index (χ4n) is 2.88. The number of hydrogen-bond acceptors (Lipinski definition) is 5. The minimum atomic E-state index is -3.61. The van der Waals surface area contributed by atoms with Crippen molar-refractivity contribution < 1.29 is 22.7 Å². The quantitative estimate of drug-likeness (QED) is 0.706. The van der Waals surface area contributed by atoms with Gasteiger partial charge in [-0.1, -0.05) is 0 Å². The van der Waals surface area contributed by atoms with E-state index in [-0.39, 0.29) is 23.5 Å². The SMILES string of the molecule is CCOc1ccc(C(=O)Nc2ccc(S(=O)(=O)NC[C@H]3CCCO3)cc2)cc1. The Balaban J connectivity index is 1.59. The van der Waals surface area contributed by atoms with E-state index in [0.29, 0.717) is 30.2 Å². The van der Waals surface area contributed by atoms with Crippen LogP contribution in [0.1, 0.15) is 30.1 Å². The van der Waals surface area contributed by atoms with Gasteiger partial charge in [0, 0.05) is 24.4 Å². The van der Waals surface area contributed by atoms with E-state index in [2.05, 4.69) is 10.0 Å². The largest absolute Gasteiger partial charge is 0.494 e. The second-order valence-electron chi connectivity index (χ2n) is 6.42. The van der Waals surface area contributed by atoms with Crippen LogP contribution in [0.4, 0.5) is 5.69 Å². The molecule has 2 aromatic carbocycles. The number of sulfonamides is 1. The van der Waals surface area contributed by atoms with E-state index in [1.165, 1.54) is 12.1 Å². The maximum atomic E-state index is 12.4. The molecule has 1 fully saturated rings. The van der Waals surface area contributed by atoms with Gasteiger partial charge in [-0.15, -0.1) is 0 Å². The van der Waals surface area contributed by atoms with Crippen LogP contribution in [0, 0.1) is 0 Å². The Morgan fingerprint density at radius 3 is 2.46 bits per heavy atom. The van der Waals surface area contributed by atoms with Crippen LogP contribution in [-0.4, -0.2) is 40.2 Å². The summed E-state index contributed by atoms with van der Waals surface area (Å²) in [5.41, 5.74) is 0.996. The molecule has 0 aliphatic carbocycles. The third-order valence-corrected chi connectivity index (χ3v) is 5.81. The molecule has 1 saturated heterocycles. The summed E-state index contributed by atoms with van der Waals surface area (Å²) in [7, 11) is -3.61. The topological polar surface area (TPSA) is 93.7 Å². The van der Waals surface area contributed by atoms with Gasteiger partial charge in [0.05, 0.1) is 17.6 Å². The van der Waals surface area contributed by atoms with E-state index in [9.17, 15) is 13.2 Å². The van der Waals surface area contributed by atoms with Crippen LogP contribution in [0.5, 0.6) is 5.75 Å². The van der Waals surface area contributed by atoms with Crippen LogP contribution in [0.2, 0.25) is 0 Å². The van der Waals surface area contributed by atoms with Crippen LogP contribution in [0.25, 0.3) is 0 Å². The molecule has 2 aromatic rings. The number of rotatable bonds is 8. The fourth-order valence-corrected chi connectivity index (χ4v) is 3.95.